The molecule has 1 N–H and O–H groups in total. The molecule has 4 nitrogen and oxygen atoms in total. The molecule has 1 heterocycles. The number of nitrogens with zero attached hydrogens (tertiary/aromatic N) is 1. The number of hydrogen-bond acceptors (Lipinski definition) is 4. The molecular formula is C19H19ClN2O2. The summed E-state index contributed by atoms with van der Waals surface area (Å²) in [6.45, 7) is 1.09. The zero-order valence-electron chi connectivity index (χ0n) is 13.7. The number of aromatic nitrogens is 1. The van der Waals surface area contributed by atoms with E-state index < -0.39 is 0 Å². The molecule has 0 aliphatic heterocycles. The van der Waals surface area contributed by atoms with Crippen molar-refractivity contribution < 1.29 is 9.47 Å². The predicted molar refractivity (Wildman–Crippen MR) is 97.8 cm³/mol. The second-order valence-corrected chi connectivity index (χ2v) is 5.83. The molecule has 3 aromatic rings. The minimum absolute atomic E-state index is 0.461. The molecule has 124 valence electrons. The number of benzene rings is 2. The molecule has 0 spiro atoms. The molecule has 0 fully saturated rings. The van der Waals surface area contributed by atoms with Gasteiger partial charge in [-0.05, 0) is 35.9 Å². The average Bonchev–Trinajstić information content (AvgIpc) is 2.60. The van der Waals surface area contributed by atoms with E-state index in [1.54, 1.807) is 14.2 Å². The van der Waals surface area contributed by atoms with Crippen LogP contribution in [0.2, 0.25) is 5.02 Å². The first-order valence-corrected chi connectivity index (χ1v) is 8.03. The van der Waals surface area contributed by atoms with Crippen molar-refractivity contribution in [2.24, 2.45) is 0 Å². The fraction of sp³-hybridized carbons (Fsp3) is 0.211. The molecule has 24 heavy (non-hydrogen) atoms. The first-order valence-electron chi connectivity index (χ1n) is 7.65. The lowest BCUT2D eigenvalue weighted by atomic mass is 10.1. The van der Waals surface area contributed by atoms with Crippen LogP contribution in [0, 0.1) is 0 Å². The Kier molecular flexibility index (Phi) is 5.18. The van der Waals surface area contributed by atoms with E-state index >= 15 is 0 Å². The van der Waals surface area contributed by atoms with Crippen LogP contribution >= 0.6 is 11.6 Å². The molecule has 0 aliphatic rings. The van der Waals surface area contributed by atoms with Crippen molar-refractivity contribution in [2.75, 3.05) is 19.5 Å². The summed E-state index contributed by atoms with van der Waals surface area (Å²) in [5, 5.41) is 5.21. The van der Waals surface area contributed by atoms with Gasteiger partial charge < -0.3 is 14.8 Å². The Labute approximate surface area is 146 Å². The fourth-order valence-corrected chi connectivity index (χ4v) is 2.79. The molecule has 5 heteroatoms. The highest BCUT2D eigenvalue weighted by molar-refractivity contribution is 6.31. The zero-order chi connectivity index (χ0) is 16.9. The fourth-order valence-electron chi connectivity index (χ4n) is 2.59. The number of nitrogens with one attached hydrogen (secondary N) is 1. The summed E-state index contributed by atoms with van der Waals surface area (Å²) >= 11 is 6.25. The molecule has 0 atom stereocenters. The van der Waals surface area contributed by atoms with Gasteiger partial charge in [-0.25, -0.2) is 0 Å². The van der Waals surface area contributed by atoms with Crippen molar-refractivity contribution in [1.82, 2.24) is 4.98 Å². The number of pyridine rings is 1. The number of methoxy groups -OCH3 is 2. The topological polar surface area (TPSA) is 43.4 Å². The lowest BCUT2D eigenvalue weighted by Gasteiger charge is -2.13. The Morgan fingerprint density at radius 2 is 1.92 bits per heavy atom. The number of hydrogen-bond donors (Lipinski definition) is 1. The van der Waals surface area contributed by atoms with Crippen LogP contribution in [0.25, 0.3) is 10.9 Å². The first-order chi connectivity index (χ1) is 11.7. The highest BCUT2D eigenvalue weighted by atomic mass is 35.5. The maximum atomic E-state index is 6.25. The van der Waals surface area contributed by atoms with Gasteiger partial charge in [-0.15, -0.1) is 0 Å². The lowest BCUT2D eigenvalue weighted by Crippen LogP contribution is -2.03. The van der Waals surface area contributed by atoms with Gasteiger partial charge in [0.25, 0.3) is 0 Å². The van der Waals surface area contributed by atoms with E-state index in [2.05, 4.69) is 10.3 Å². The third kappa shape index (κ3) is 3.61. The Hall–Kier alpha value is -2.30. The van der Waals surface area contributed by atoms with Crippen molar-refractivity contribution in [1.29, 1.82) is 0 Å². The van der Waals surface area contributed by atoms with Crippen LogP contribution in [0.5, 0.6) is 5.75 Å². The highest BCUT2D eigenvalue weighted by Gasteiger charge is 2.08. The summed E-state index contributed by atoms with van der Waals surface area (Å²) in [6.07, 6.45) is 0. The third-order valence-electron chi connectivity index (χ3n) is 3.79. The maximum absolute atomic E-state index is 6.25. The molecule has 3 rings (SSSR count). The van der Waals surface area contributed by atoms with Crippen LogP contribution in [0.3, 0.4) is 0 Å². The predicted octanol–water partition coefficient (Wildman–Crippen LogP) is 4.66. The summed E-state index contributed by atoms with van der Waals surface area (Å²) in [5.74, 6) is 0.796. The minimum Gasteiger partial charge on any atom is -0.497 e. The van der Waals surface area contributed by atoms with E-state index in [4.69, 9.17) is 21.1 Å². The van der Waals surface area contributed by atoms with Crippen LogP contribution in [0.1, 0.15) is 11.3 Å². The molecule has 0 bridgehead atoms. The summed E-state index contributed by atoms with van der Waals surface area (Å²) in [4.78, 5) is 4.63. The van der Waals surface area contributed by atoms with Crippen molar-refractivity contribution in [3.8, 4) is 5.75 Å². The standard InChI is InChI=1S/C19H19ClN2O2/c1-23-12-14-9-19(21-11-13-5-3-4-6-17(13)20)16-10-15(24-2)7-8-18(16)22-14/h3-10H,11-12H2,1-2H3,(H,21,22). The minimum atomic E-state index is 0.461. The van der Waals surface area contributed by atoms with E-state index in [-0.39, 0.29) is 0 Å². The van der Waals surface area contributed by atoms with Crippen LogP contribution in [-0.4, -0.2) is 19.2 Å². The quantitative estimate of drug-likeness (QED) is 0.707. The van der Waals surface area contributed by atoms with E-state index in [9.17, 15) is 0 Å². The normalized spacial score (nSPS) is 10.8. The second-order valence-electron chi connectivity index (χ2n) is 5.42. The van der Waals surface area contributed by atoms with Crippen LogP contribution in [0.4, 0.5) is 5.69 Å². The van der Waals surface area contributed by atoms with Gasteiger partial charge >= 0.3 is 0 Å². The molecule has 1 aromatic heterocycles. The summed E-state index contributed by atoms with van der Waals surface area (Å²) in [6, 6.07) is 15.6. The SMILES string of the molecule is COCc1cc(NCc2ccccc2Cl)c2cc(OC)ccc2n1. The lowest BCUT2D eigenvalue weighted by molar-refractivity contribution is 0.182. The molecule has 0 radical (unpaired) electrons. The van der Waals surface area contributed by atoms with Crippen molar-refractivity contribution in [2.45, 2.75) is 13.2 Å². The van der Waals surface area contributed by atoms with Gasteiger partial charge in [-0.1, -0.05) is 29.8 Å². The van der Waals surface area contributed by atoms with Gasteiger partial charge in [0.1, 0.15) is 5.75 Å². The van der Waals surface area contributed by atoms with Gasteiger partial charge in [0.2, 0.25) is 0 Å². The number of anilines is 1. The molecule has 0 aliphatic carbocycles. The molecule has 2 aromatic carbocycles. The van der Waals surface area contributed by atoms with Crippen LogP contribution in [0.15, 0.2) is 48.5 Å². The van der Waals surface area contributed by atoms with E-state index in [0.717, 1.165) is 38.6 Å². The van der Waals surface area contributed by atoms with E-state index in [0.29, 0.717) is 13.2 Å². The molecular weight excluding hydrogens is 324 g/mol. The number of rotatable bonds is 6. The van der Waals surface area contributed by atoms with Gasteiger partial charge in [0.15, 0.2) is 0 Å². The summed E-state index contributed by atoms with van der Waals surface area (Å²) in [5.41, 5.74) is 3.79. The summed E-state index contributed by atoms with van der Waals surface area (Å²) < 4.78 is 10.6. The Bertz CT molecular complexity index is 852. The zero-order valence-corrected chi connectivity index (χ0v) is 14.4. The van der Waals surface area contributed by atoms with E-state index in [1.165, 1.54) is 0 Å². The van der Waals surface area contributed by atoms with Crippen molar-refractivity contribution in [3.63, 3.8) is 0 Å². The maximum Gasteiger partial charge on any atom is 0.119 e. The van der Waals surface area contributed by atoms with Crippen LogP contribution in [-0.2, 0) is 17.9 Å². The Balaban J connectivity index is 1.98. The van der Waals surface area contributed by atoms with Crippen molar-refractivity contribution in [3.05, 3.63) is 64.8 Å². The van der Waals surface area contributed by atoms with Crippen LogP contribution < -0.4 is 10.1 Å². The monoisotopic (exact) mass is 342 g/mol. The van der Waals surface area contributed by atoms with Gasteiger partial charge in [0.05, 0.1) is 24.9 Å². The molecule has 0 saturated carbocycles. The largest absolute Gasteiger partial charge is 0.497 e. The van der Waals surface area contributed by atoms with E-state index in [1.807, 2.05) is 48.5 Å². The second kappa shape index (κ2) is 7.51. The molecule has 0 unspecified atom stereocenters. The Morgan fingerprint density at radius 3 is 2.67 bits per heavy atom. The Morgan fingerprint density at radius 1 is 1.08 bits per heavy atom. The molecule has 0 saturated heterocycles. The third-order valence-corrected chi connectivity index (χ3v) is 4.16. The number of halogens is 1. The molecule has 0 amide bonds. The summed E-state index contributed by atoms with van der Waals surface area (Å²) in [7, 11) is 3.32. The number of fused-ring (bicyclic) bond motifs is 1. The smallest absolute Gasteiger partial charge is 0.119 e. The highest BCUT2D eigenvalue weighted by Crippen LogP contribution is 2.28. The first kappa shape index (κ1) is 16.6. The average molecular weight is 343 g/mol. The van der Waals surface area contributed by atoms with Gasteiger partial charge in [-0.2, -0.15) is 0 Å². The van der Waals surface area contributed by atoms with Crippen molar-refractivity contribution >= 4 is 28.2 Å². The number of ether oxygens (including phenoxy) is 2. The van der Waals surface area contributed by atoms with Gasteiger partial charge in [0, 0.05) is 29.8 Å². The van der Waals surface area contributed by atoms with Gasteiger partial charge in [-0.3, -0.25) is 4.98 Å².